The van der Waals surface area contributed by atoms with Crippen LogP contribution in [0.25, 0.3) is 5.78 Å². The fourth-order valence-corrected chi connectivity index (χ4v) is 3.01. The van der Waals surface area contributed by atoms with E-state index in [0.29, 0.717) is 28.5 Å². The zero-order valence-corrected chi connectivity index (χ0v) is 16.9. The molecule has 8 nitrogen and oxygen atoms in total. The number of anilines is 1. The van der Waals surface area contributed by atoms with Crippen LogP contribution in [0.5, 0.6) is 5.75 Å². The van der Waals surface area contributed by atoms with Gasteiger partial charge in [-0.05, 0) is 62.4 Å². The van der Waals surface area contributed by atoms with Gasteiger partial charge in [-0.15, -0.1) is 0 Å². The van der Waals surface area contributed by atoms with E-state index in [2.05, 4.69) is 15.3 Å². The van der Waals surface area contributed by atoms with Gasteiger partial charge in [0, 0.05) is 23.4 Å². The van der Waals surface area contributed by atoms with Crippen molar-refractivity contribution in [1.29, 1.82) is 0 Å². The van der Waals surface area contributed by atoms with Gasteiger partial charge < -0.3 is 10.1 Å². The molecular weight excluding hydrogens is 401 g/mol. The number of halogens is 1. The molecule has 158 valence electrons. The van der Waals surface area contributed by atoms with Gasteiger partial charge in [0.15, 0.2) is 0 Å². The molecule has 0 bridgehead atoms. The lowest BCUT2D eigenvalue weighted by atomic mass is 10.2. The van der Waals surface area contributed by atoms with E-state index in [9.17, 15) is 14.0 Å². The van der Waals surface area contributed by atoms with Crippen LogP contribution < -0.4 is 15.6 Å². The summed E-state index contributed by atoms with van der Waals surface area (Å²) < 4.78 is 21.8. The van der Waals surface area contributed by atoms with Gasteiger partial charge in [0.1, 0.15) is 24.5 Å². The lowest BCUT2D eigenvalue weighted by Crippen LogP contribution is -2.23. The normalized spacial score (nSPS) is 11.1. The first-order valence-electron chi connectivity index (χ1n) is 9.66. The maximum atomic E-state index is 13.0. The molecule has 1 amide bonds. The number of ether oxygens (including phenoxy) is 1. The average molecular weight is 421 g/mol. The van der Waals surface area contributed by atoms with E-state index in [1.165, 1.54) is 34.8 Å². The Balaban J connectivity index is 1.41. The quantitative estimate of drug-likeness (QED) is 0.515. The van der Waals surface area contributed by atoms with Gasteiger partial charge in [-0.3, -0.25) is 14.3 Å². The van der Waals surface area contributed by atoms with Crippen LogP contribution in [-0.4, -0.2) is 25.1 Å². The maximum Gasteiger partial charge on any atom is 0.274 e. The fourth-order valence-electron chi connectivity index (χ4n) is 3.01. The molecule has 0 unspecified atom stereocenters. The first-order chi connectivity index (χ1) is 14.9. The molecule has 0 fully saturated rings. The highest BCUT2D eigenvalue weighted by Crippen LogP contribution is 2.18. The maximum absolute atomic E-state index is 13.0. The molecule has 0 atom stereocenters. The molecule has 9 heteroatoms. The third-order valence-corrected chi connectivity index (χ3v) is 4.59. The van der Waals surface area contributed by atoms with Crippen LogP contribution >= 0.6 is 0 Å². The van der Waals surface area contributed by atoms with Crippen LogP contribution in [0.2, 0.25) is 0 Å². The Labute approximate surface area is 176 Å². The number of rotatable bonds is 6. The Kier molecular flexibility index (Phi) is 5.48. The third-order valence-electron chi connectivity index (χ3n) is 4.59. The number of hydrogen-bond acceptors (Lipinski definition) is 5. The van der Waals surface area contributed by atoms with Gasteiger partial charge in [0.2, 0.25) is 0 Å². The van der Waals surface area contributed by atoms with Crippen LogP contribution in [0.4, 0.5) is 10.1 Å². The van der Waals surface area contributed by atoms with Crippen LogP contribution in [0.1, 0.15) is 35.9 Å². The van der Waals surface area contributed by atoms with Crippen molar-refractivity contribution in [2.75, 3.05) is 5.32 Å². The summed E-state index contributed by atoms with van der Waals surface area (Å²) in [5.74, 6) is 0.128. The lowest BCUT2D eigenvalue weighted by Gasteiger charge is -2.10. The number of carbonyl (C=O) groups is 1. The Morgan fingerprint density at radius 3 is 2.52 bits per heavy atom. The van der Waals surface area contributed by atoms with Gasteiger partial charge in [-0.25, -0.2) is 9.37 Å². The third kappa shape index (κ3) is 4.45. The number of hydrogen-bond donors (Lipinski definition) is 1. The molecule has 0 aliphatic carbocycles. The molecule has 0 spiro atoms. The number of nitrogens with zero attached hydrogens (tertiary/aromatic N) is 4. The average Bonchev–Trinajstić information content (AvgIpc) is 3.19. The Hall–Kier alpha value is -4.01. The van der Waals surface area contributed by atoms with E-state index in [1.54, 1.807) is 35.3 Å². The first kappa shape index (κ1) is 20.3. The smallest absolute Gasteiger partial charge is 0.274 e. The minimum atomic E-state index is -0.400. The molecule has 1 N–H and O–H groups in total. The van der Waals surface area contributed by atoms with Crippen molar-refractivity contribution in [3.05, 3.63) is 88.4 Å². The second kappa shape index (κ2) is 8.39. The largest absolute Gasteiger partial charge is 0.487 e. The highest BCUT2D eigenvalue weighted by molar-refractivity contribution is 6.04. The van der Waals surface area contributed by atoms with Crippen molar-refractivity contribution < 1.29 is 13.9 Å². The molecule has 0 aliphatic rings. The predicted molar refractivity (Wildman–Crippen MR) is 113 cm³/mol. The summed E-state index contributed by atoms with van der Waals surface area (Å²) >= 11 is 0. The SMILES string of the molecule is CC(C)n1cnc2nc(COc3ccc(NC(=O)c4ccc(F)cc4)cc3)cc(=O)n21. The molecular formula is C22H20FN5O3. The number of aromatic nitrogens is 4. The predicted octanol–water partition coefficient (Wildman–Crippen LogP) is 3.44. The van der Waals surface area contributed by atoms with Crippen molar-refractivity contribution in [3.63, 3.8) is 0 Å². The zero-order valence-electron chi connectivity index (χ0n) is 16.9. The highest BCUT2D eigenvalue weighted by Gasteiger charge is 2.11. The fraction of sp³-hybridized carbons (Fsp3) is 0.182. The minimum Gasteiger partial charge on any atom is -0.487 e. The Bertz CT molecular complexity index is 1280. The number of nitrogens with one attached hydrogen (secondary N) is 1. The first-order valence-corrected chi connectivity index (χ1v) is 9.66. The second-order valence-electron chi connectivity index (χ2n) is 7.19. The molecule has 0 saturated heterocycles. The van der Waals surface area contributed by atoms with E-state index in [-0.39, 0.29) is 24.1 Å². The van der Waals surface area contributed by atoms with Crippen LogP contribution in [0.3, 0.4) is 0 Å². The van der Waals surface area contributed by atoms with Crippen LogP contribution in [-0.2, 0) is 6.61 Å². The molecule has 2 heterocycles. The van der Waals surface area contributed by atoms with E-state index in [1.807, 2.05) is 13.8 Å². The summed E-state index contributed by atoms with van der Waals surface area (Å²) in [6.45, 7) is 4.01. The topological polar surface area (TPSA) is 90.5 Å². The van der Waals surface area contributed by atoms with Gasteiger partial charge in [-0.2, -0.15) is 9.50 Å². The molecule has 0 aliphatic heterocycles. The van der Waals surface area contributed by atoms with Crippen molar-refractivity contribution in [3.8, 4) is 5.75 Å². The summed E-state index contributed by atoms with van der Waals surface area (Å²) in [5, 5.41) is 2.73. The van der Waals surface area contributed by atoms with Gasteiger partial charge >= 0.3 is 0 Å². The standard InChI is InChI=1S/C22H20FN5O3/c1-14(2)27-13-24-22-26-18(11-20(29)28(22)27)12-31-19-9-7-17(8-10-19)25-21(30)15-3-5-16(23)6-4-15/h3-11,13-14H,12H2,1-2H3,(H,25,30). The van der Waals surface area contributed by atoms with Crippen LogP contribution in [0.15, 0.2) is 65.7 Å². The summed E-state index contributed by atoms with van der Waals surface area (Å²) in [7, 11) is 0. The number of amides is 1. The van der Waals surface area contributed by atoms with E-state index in [0.717, 1.165) is 0 Å². The van der Waals surface area contributed by atoms with Crippen molar-refractivity contribution in [2.45, 2.75) is 26.5 Å². The minimum absolute atomic E-state index is 0.0775. The summed E-state index contributed by atoms with van der Waals surface area (Å²) in [5.41, 5.74) is 1.16. The van der Waals surface area contributed by atoms with Crippen LogP contribution in [0, 0.1) is 5.82 Å². The molecule has 4 rings (SSSR count). The second-order valence-corrected chi connectivity index (χ2v) is 7.19. The van der Waals surface area contributed by atoms with E-state index >= 15 is 0 Å². The number of fused-ring (bicyclic) bond motifs is 1. The van der Waals surface area contributed by atoms with Crippen molar-refractivity contribution in [1.82, 2.24) is 19.2 Å². The molecule has 2 aromatic carbocycles. The molecule has 31 heavy (non-hydrogen) atoms. The summed E-state index contributed by atoms with van der Waals surface area (Å²) in [6, 6.07) is 13.6. The molecule has 2 aromatic heterocycles. The monoisotopic (exact) mass is 421 g/mol. The summed E-state index contributed by atoms with van der Waals surface area (Å²) in [6.07, 6.45) is 1.58. The Morgan fingerprint density at radius 1 is 1.13 bits per heavy atom. The molecule has 0 saturated carbocycles. The number of benzene rings is 2. The van der Waals surface area contributed by atoms with Crippen molar-refractivity contribution in [2.24, 2.45) is 0 Å². The van der Waals surface area contributed by atoms with Gasteiger partial charge in [0.25, 0.3) is 17.2 Å². The van der Waals surface area contributed by atoms with E-state index < -0.39 is 5.82 Å². The Morgan fingerprint density at radius 2 is 1.84 bits per heavy atom. The van der Waals surface area contributed by atoms with Gasteiger partial charge in [-0.1, -0.05) is 0 Å². The van der Waals surface area contributed by atoms with Gasteiger partial charge in [0.05, 0.1) is 5.69 Å². The summed E-state index contributed by atoms with van der Waals surface area (Å²) in [4.78, 5) is 33.2. The van der Waals surface area contributed by atoms with E-state index in [4.69, 9.17) is 4.74 Å². The van der Waals surface area contributed by atoms with Crippen molar-refractivity contribution >= 4 is 17.4 Å². The lowest BCUT2D eigenvalue weighted by molar-refractivity contribution is 0.102. The zero-order chi connectivity index (χ0) is 22.0. The molecule has 4 aromatic rings. The highest BCUT2D eigenvalue weighted by atomic mass is 19.1. The molecule has 0 radical (unpaired) electrons. The number of carbonyl (C=O) groups excluding carboxylic acids is 1.